The third-order valence-corrected chi connectivity index (χ3v) is 1.40. The molecule has 54 valence electrons. The van der Waals surface area contributed by atoms with Crippen molar-refractivity contribution in [3.8, 4) is 0 Å². The van der Waals surface area contributed by atoms with Gasteiger partial charge in [-0.1, -0.05) is 12.2 Å². The van der Waals surface area contributed by atoms with Gasteiger partial charge in [-0.2, -0.15) is 5.10 Å². The van der Waals surface area contributed by atoms with Gasteiger partial charge in [-0.3, -0.25) is 5.10 Å². The Hall–Kier alpha value is -1.50. The van der Waals surface area contributed by atoms with Crippen molar-refractivity contribution >= 4 is 22.9 Å². The van der Waals surface area contributed by atoms with Crippen molar-refractivity contribution in [3.63, 3.8) is 0 Å². The van der Waals surface area contributed by atoms with Gasteiger partial charge in [0.2, 0.25) is 0 Å². The third kappa shape index (κ3) is 0.944. The second kappa shape index (κ2) is 2.27. The van der Waals surface area contributed by atoms with Crippen molar-refractivity contribution in [1.82, 2.24) is 15.2 Å². The first-order chi connectivity index (χ1) is 5.38. The summed E-state index contributed by atoms with van der Waals surface area (Å²) in [6.45, 7) is 0. The first kappa shape index (κ1) is 6.23. The molecule has 0 aliphatic carbocycles. The van der Waals surface area contributed by atoms with E-state index in [2.05, 4.69) is 30.6 Å². The number of aromatic nitrogens is 3. The predicted octanol–water partition coefficient (Wildman–Crippen LogP) is 0.302. The highest BCUT2D eigenvalue weighted by molar-refractivity contribution is 7.82. The zero-order chi connectivity index (χ0) is 7.68. The van der Waals surface area contributed by atoms with Crippen LogP contribution in [0.1, 0.15) is 5.82 Å². The van der Waals surface area contributed by atoms with E-state index in [1.165, 1.54) is 6.33 Å². The van der Waals surface area contributed by atoms with Crippen molar-refractivity contribution in [2.24, 2.45) is 15.4 Å². The molecule has 7 heteroatoms. The molecule has 0 bridgehead atoms. The number of hydrogen-bond donors (Lipinski definition) is 1. The van der Waals surface area contributed by atoms with E-state index < -0.39 is 0 Å². The quantitative estimate of drug-likeness (QED) is 0.609. The molecule has 1 N–H and O–H groups in total. The molecule has 0 atom stereocenters. The minimum Gasteiger partial charge on any atom is -0.258 e. The summed E-state index contributed by atoms with van der Waals surface area (Å²) in [4.78, 5) is 4.18. The first-order valence-corrected chi connectivity index (χ1v) is 3.17. The number of thiocarbonyl (C=S) groups is 1. The lowest BCUT2D eigenvalue weighted by Crippen LogP contribution is -2.09. The molecule has 0 unspecified atom stereocenters. The molecule has 1 aliphatic heterocycles. The fraction of sp³-hybridized carbons (Fsp3) is 0. The van der Waals surface area contributed by atoms with E-state index in [-0.39, 0.29) is 0 Å². The van der Waals surface area contributed by atoms with E-state index in [9.17, 15) is 0 Å². The molecule has 0 radical (unpaired) electrons. The van der Waals surface area contributed by atoms with Gasteiger partial charge in [0.15, 0.2) is 16.5 Å². The van der Waals surface area contributed by atoms with Gasteiger partial charge in [-0.05, 0) is 5.22 Å². The minimum atomic E-state index is 0.335. The normalized spacial score (nSPS) is 15.6. The molecule has 0 saturated carbocycles. The molecule has 11 heavy (non-hydrogen) atoms. The van der Waals surface area contributed by atoms with Crippen LogP contribution < -0.4 is 0 Å². The van der Waals surface area contributed by atoms with Gasteiger partial charge in [0.05, 0.1) is 0 Å². The Balaban J connectivity index is 2.40. The van der Waals surface area contributed by atoms with Gasteiger partial charge in [0, 0.05) is 0 Å². The Labute approximate surface area is 66.4 Å². The second-order valence-electron chi connectivity index (χ2n) is 1.78. The smallest absolute Gasteiger partial charge is 0.182 e. The van der Waals surface area contributed by atoms with Crippen LogP contribution in [0.25, 0.3) is 0 Å². The molecular formula is C4H2N6S. The minimum absolute atomic E-state index is 0.335. The van der Waals surface area contributed by atoms with E-state index in [1.54, 1.807) is 0 Å². The molecular weight excluding hydrogens is 164 g/mol. The van der Waals surface area contributed by atoms with Gasteiger partial charge in [0.1, 0.15) is 6.33 Å². The predicted molar refractivity (Wildman–Crippen MR) is 40.4 cm³/mol. The Bertz CT molecular complexity index is 335. The summed E-state index contributed by atoms with van der Waals surface area (Å²) in [6.07, 6.45) is 1.37. The van der Waals surface area contributed by atoms with Crippen molar-refractivity contribution in [2.45, 2.75) is 0 Å². The summed E-state index contributed by atoms with van der Waals surface area (Å²) in [5.41, 5.74) is 0.470. The molecule has 0 spiro atoms. The van der Waals surface area contributed by atoms with Crippen molar-refractivity contribution < 1.29 is 0 Å². The van der Waals surface area contributed by atoms with Crippen molar-refractivity contribution in [2.75, 3.05) is 0 Å². The van der Waals surface area contributed by atoms with Crippen molar-refractivity contribution in [3.05, 3.63) is 12.2 Å². The standard InChI is InChI=1S/C4H2N6S/c11-4-2(7-10-9-4)3-5-1-6-8-3/h1H,(H,5,6,8). The first-order valence-electron chi connectivity index (χ1n) is 2.76. The largest absolute Gasteiger partial charge is 0.258 e. The summed E-state index contributed by atoms with van der Waals surface area (Å²) in [6, 6.07) is 0. The van der Waals surface area contributed by atoms with Crippen LogP contribution in [0, 0.1) is 0 Å². The molecule has 6 nitrogen and oxygen atoms in total. The molecule has 0 saturated heterocycles. The van der Waals surface area contributed by atoms with Crippen molar-refractivity contribution in [1.29, 1.82) is 0 Å². The maximum absolute atomic E-state index is 4.81. The monoisotopic (exact) mass is 166 g/mol. The Morgan fingerprint density at radius 3 is 2.91 bits per heavy atom. The van der Waals surface area contributed by atoms with Crippen LogP contribution in [-0.2, 0) is 0 Å². The topological polar surface area (TPSA) is 78.7 Å². The van der Waals surface area contributed by atoms with Gasteiger partial charge >= 0.3 is 0 Å². The molecule has 0 aromatic carbocycles. The summed E-state index contributed by atoms with van der Waals surface area (Å²) in [5.74, 6) is 0.500. The summed E-state index contributed by atoms with van der Waals surface area (Å²) in [7, 11) is 0. The number of rotatable bonds is 1. The lowest BCUT2D eigenvalue weighted by Gasteiger charge is -1.87. The van der Waals surface area contributed by atoms with Gasteiger partial charge in [0.25, 0.3) is 0 Å². The van der Waals surface area contributed by atoms with Crippen LogP contribution in [0.3, 0.4) is 0 Å². The van der Waals surface area contributed by atoms with Gasteiger partial charge < -0.3 is 0 Å². The molecule has 1 aliphatic rings. The number of H-pyrrole nitrogens is 1. The average molecular weight is 166 g/mol. The molecule has 2 heterocycles. The fourth-order valence-corrected chi connectivity index (χ4v) is 0.840. The van der Waals surface area contributed by atoms with Crippen LogP contribution >= 0.6 is 12.2 Å². The van der Waals surface area contributed by atoms with Gasteiger partial charge in [-0.15, -0.1) is 10.2 Å². The molecule has 2 rings (SSSR count). The molecule has 1 aromatic rings. The summed E-state index contributed by atoms with van der Waals surface area (Å²) < 4.78 is 0. The lowest BCUT2D eigenvalue weighted by molar-refractivity contribution is 1.07. The van der Waals surface area contributed by atoms with E-state index >= 15 is 0 Å². The maximum atomic E-state index is 4.81. The van der Waals surface area contributed by atoms with Crippen LogP contribution in [0.2, 0.25) is 0 Å². The Kier molecular flexibility index (Phi) is 1.29. The number of aromatic amines is 1. The fourth-order valence-electron chi connectivity index (χ4n) is 0.666. The summed E-state index contributed by atoms with van der Waals surface area (Å²) in [5, 5.41) is 16.8. The molecule has 1 aromatic heterocycles. The highest BCUT2D eigenvalue weighted by Crippen LogP contribution is 2.03. The Morgan fingerprint density at radius 2 is 2.36 bits per heavy atom. The summed E-state index contributed by atoms with van der Waals surface area (Å²) >= 11 is 4.81. The van der Waals surface area contributed by atoms with Crippen LogP contribution in [0.4, 0.5) is 0 Å². The second-order valence-corrected chi connectivity index (χ2v) is 2.16. The van der Waals surface area contributed by atoms with E-state index in [0.29, 0.717) is 16.5 Å². The van der Waals surface area contributed by atoms with E-state index in [0.717, 1.165) is 0 Å². The number of nitrogens with zero attached hydrogens (tertiary/aromatic N) is 5. The highest BCUT2D eigenvalue weighted by atomic mass is 32.1. The lowest BCUT2D eigenvalue weighted by atomic mass is 10.4. The number of hydrogen-bond acceptors (Lipinski definition) is 5. The van der Waals surface area contributed by atoms with Crippen LogP contribution in [-0.4, -0.2) is 25.9 Å². The molecule has 0 fully saturated rings. The van der Waals surface area contributed by atoms with E-state index in [1.807, 2.05) is 0 Å². The Morgan fingerprint density at radius 1 is 1.45 bits per heavy atom. The average Bonchev–Trinajstić information content (AvgIpc) is 2.55. The van der Waals surface area contributed by atoms with Crippen LogP contribution in [0.15, 0.2) is 21.8 Å². The SMILES string of the molecule is S=C1N=NN=C1c1ncn[nH]1. The highest BCUT2D eigenvalue weighted by Gasteiger charge is 2.16. The van der Waals surface area contributed by atoms with Crippen LogP contribution in [0.5, 0.6) is 0 Å². The number of nitrogens with one attached hydrogen (secondary N) is 1. The maximum Gasteiger partial charge on any atom is 0.182 e. The zero-order valence-corrected chi connectivity index (χ0v) is 6.04. The third-order valence-electron chi connectivity index (χ3n) is 1.12. The van der Waals surface area contributed by atoms with E-state index in [4.69, 9.17) is 12.2 Å². The molecule has 0 amide bonds. The zero-order valence-electron chi connectivity index (χ0n) is 5.22. The van der Waals surface area contributed by atoms with Gasteiger partial charge in [-0.25, -0.2) is 4.98 Å².